The van der Waals surface area contributed by atoms with Gasteiger partial charge in [-0.1, -0.05) is 19.1 Å². The maximum Gasteiger partial charge on any atom is 0.0512 e. The Morgan fingerprint density at radius 2 is 2.05 bits per heavy atom. The molecule has 0 aliphatic carbocycles. The Labute approximate surface area is 116 Å². The maximum absolute atomic E-state index is 5.64. The Balaban J connectivity index is 2.13. The number of nitrogens with one attached hydrogen (secondary N) is 1. The molecule has 1 fully saturated rings. The van der Waals surface area contributed by atoms with Crippen molar-refractivity contribution in [2.75, 3.05) is 38.8 Å². The van der Waals surface area contributed by atoms with E-state index in [1.165, 1.54) is 24.1 Å². The first-order chi connectivity index (χ1) is 9.22. The van der Waals surface area contributed by atoms with Gasteiger partial charge < -0.3 is 15.0 Å². The van der Waals surface area contributed by atoms with Crippen molar-refractivity contribution in [1.82, 2.24) is 5.32 Å². The summed E-state index contributed by atoms with van der Waals surface area (Å²) < 4.78 is 5.64. The van der Waals surface area contributed by atoms with Crippen LogP contribution in [0.25, 0.3) is 0 Å². The van der Waals surface area contributed by atoms with E-state index in [9.17, 15) is 0 Å². The van der Waals surface area contributed by atoms with Gasteiger partial charge in [-0.05, 0) is 37.1 Å². The monoisotopic (exact) mass is 262 g/mol. The fourth-order valence-electron chi connectivity index (χ4n) is 2.78. The van der Waals surface area contributed by atoms with Gasteiger partial charge >= 0.3 is 0 Å². The average molecular weight is 262 g/mol. The number of hydrogen-bond donors (Lipinski definition) is 1. The van der Waals surface area contributed by atoms with E-state index in [4.69, 9.17) is 4.74 Å². The van der Waals surface area contributed by atoms with Crippen molar-refractivity contribution in [3.05, 3.63) is 29.8 Å². The van der Waals surface area contributed by atoms with Crippen LogP contribution in [-0.2, 0) is 4.74 Å². The molecule has 2 rings (SSSR count). The van der Waals surface area contributed by atoms with Crippen LogP contribution < -0.4 is 10.2 Å². The SMILES string of the molecule is CCNC(c1ccc(N(C)C)cc1)C1CCCOC1. The molecule has 0 saturated carbocycles. The highest BCUT2D eigenvalue weighted by Crippen LogP contribution is 2.29. The van der Waals surface area contributed by atoms with E-state index in [1.54, 1.807) is 0 Å². The Hall–Kier alpha value is -1.06. The molecule has 1 aliphatic rings. The third kappa shape index (κ3) is 3.71. The summed E-state index contributed by atoms with van der Waals surface area (Å²) in [6.45, 7) is 4.98. The molecule has 0 bridgehead atoms. The van der Waals surface area contributed by atoms with Crippen LogP contribution in [0.15, 0.2) is 24.3 Å². The Kier molecular flexibility index (Phi) is 5.23. The van der Waals surface area contributed by atoms with Gasteiger partial charge in [-0.2, -0.15) is 0 Å². The summed E-state index contributed by atoms with van der Waals surface area (Å²) in [5.41, 5.74) is 2.63. The quantitative estimate of drug-likeness (QED) is 0.883. The molecule has 3 heteroatoms. The summed E-state index contributed by atoms with van der Waals surface area (Å²) in [5, 5.41) is 3.62. The van der Waals surface area contributed by atoms with E-state index in [1.807, 2.05) is 0 Å². The van der Waals surface area contributed by atoms with Gasteiger partial charge in [0.1, 0.15) is 0 Å². The van der Waals surface area contributed by atoms with Crippen LogP contribution in [0.2, 0.25) is 0 Å². The third-order valence-corrected chi connectivity index (χ3v) is 3.86. The molecule has 1 aromatic carbocycles. The molecule has 0 spiro atoms. The molecule has 1 aromatic rings. The van der Waals surface area contributed by atoms with Crippen LogP contribution in [0.1, 0.15) is 31.4 Å². The van der Waals surface area contributed by atoms with Gasteiger partial charge in [-0.15, -0.1) is 0 Å². The molecule has 1 N–H and O–H groups in total. The first-order valence-corrected chi connectivity index (χ1v) is 7.30. The fraction of sp³-hybridized carbons (Fsp3) is 0.625. The largest absolute Gasteiger partial charge is 0.381 e. The second-order valence-electron chi connectivity index (χ2n) is 5.50. The summed E-state index contributed by atoms with van der Waals surface area (Å²) >= 11 is 0. The number of ether oxygens (including phenoxy) is 1. The smallest absolute Gasteiger partial charge is 0.0512 e. The van der Waals surface area contributed by atoms with Gasteiger partial charge in [-0.3, -0.25) is 0 Å². The summed E-state index contributed by atoms with van der Waals surface area (Å²) in [7, 11) is 4.15. The van der Waals surface area contributed by atoms with Gasteiger partial charge in [0.05, 0.1) is 6.61 Å². The summed E-state index contributed by atoms with van der Waals surface area (Å²) in [6, 6.07) is 9.31. The second kappa shape index (κ2) is 6.92. The number of rotatable bonds is 5. The minimum Gasteiger partial charge on any atom is -0.381 e. The highest BCUT2D eigenvalue weighted by atomic mass is 16.5. The zero-order valence-electron chi connectivity index (χ0n) is 12.4. The fourth-order valence-corrected chi connectivity index (χ4v) is 2.78. The van der Waals surface area contributed by atoms with E-state index in [0.29, 0.717) is 12.0 Å². The van der Waals surface area contributed by atoms with Gasteiger partial charge in [0.15, 0.2) is 0 Å². The van der Waals surface area contributed by atoms with Gasteiger partial charge in [0.2, 0.25) is 0 Å². The van der Waals surface area contributed by atoms with E-state index in [0.717, 1.165) is 19.8 Å². The molecule has 106 valence electrons. The second-order valence-corrected chi connectivity index (χ2v) is 5.50. The highest BCUT2D eigenvalue weighted by molar-refractivity contribution is 5.46. The first-order valence-electron chi connectivity index (χ1n) is 7.30. The molecular formula is C16H26N2O. The van der Waals surface area contributed by atoms with Crippen LogP contribution in [0.3, 0.4) is 0 Å². The number of hydrogen-bond acceptors (Lipinski definition) is 3. The lowest BCUT2D eigenvalue weighted by atomic mass is 9.88. The minimum absolute atomic E-state index is 0.418. The molecule has 1 heterocycles. The topological polar surface area (TPSA) is 24.5 Å². The van der Waals surface area contributed by atoms with Crippen molar-refractivity contribution in [3.8, 4) is 0 Å². The number of nitrogens with zero attached hydrogens (tertiary/aromatic N) is 1. The lowest BCUT2D eigenvalue weighted by Crippen LogP contribution is -2.33. The van der Waals surface area contributed by atoms with Gasteiger partial charge in [-0.25, -0.2) is 0 Å². The zero-order chi connectivity index (χ0) is 13.7. The highest BCUT2D eigenvalue weighted by Gasteiger charge is 2.24. The first kappa shape index (κ1) is 14.4. The van der Waals surface area contributed by atoms with E-state index in [2.05, 4.69) is 55.5 Å². The molecule has 2 unspecified atom stereocenters. The van der Waals surface area contributed by atoms with Crippen molar-refractivity contribution >= 4 is 5.69 Å². The minimum atomic E-state index is 0.418. The van der Waals surface area contributed by atoms with Crippen molar-refractivity contribution in [3.63, 3.8) is 0 Å². The van der Waals surface area contributed by atoms with Crippen LogP contribution in [0, 0.1) is 5.92 Å². The molecule has 1 aliphatic heterocycles. The van der Waals surface area contributed by atoms with Crippen molar-refractivity contribution in [2.24, 2.45) is 5.92 Å². The van der Waals surface area contributed by atoms with Crippen LogP contribution in [-0.4, -0.2) is 33.9 Å². The average Bonchev–Trinajstić information content (AvgIpc) is 2.46. The normalized spacial score (nSPS) is 21.1. The molecule has 0 amide bonds. The van der Waals surface area contributed by atoms with E-state index >= 15 is 0 Å². The van der Waals surface area contributed by atoms with Crippen molar-refractivity contribution in [2.45, 2.75) is 25.8 Å². The molecule has 0 radical (unpaired) electrons. The van der Waals surface area contributed by atoms with Crippen LogP contribution >= 0.6 is 0 Å². The van der Waals surface area contributed by atoms with E-state index in [-0.39, 0.29) is 0 Å². The van der Waals surface area contributed by atoms with Crippen molar-refractivity contribution < 1.29 is 4.74 Å². The summed E-state index contributed by atoms with van der Waals surface area (Å²) in [5.74, 6) is 0.596. The van der Waals surface area contributed by atoms with E-state index < -0.39 is 0 Å². The van der Waals surface area contributed by atoms with Crippen LogP contribution in [0.5, 0.6) is 0 Å². The predicted octanol–water partition coefficient (Wildman–Crippen LogP) is 2.83. The number of benzene rings is 1. The molecular weight excluding hydrogens is 236 g/mol. The Morgan fingerprint density at radius 3 is 2.58 bits per heavy atom. The summed E-state index contributed by atoms with van der Waals surface area (Å²) in [4.78, 5) is 2.13. The van der Waals surface area contributed by atoms with Gasteiger partial charge in [0, 0.05) is 38.3 Å². The van der Waals surface area contributed by atoms with Gasteiger partial charge in [0.25, 0.3) is 0 Å². The predicted molar refractivity (Wildman–Crippen MR) is 80.7 cm³/mol. The lowest BCUT2D eigenvalue weighted by Gasteiger charge is -2.31. The third-order valence-electron chi connectivity index (χ3n) is 3.86. The molecule has 3 nitrogen and oxygen atoms in total. The molecule has 0 aromatic heterocycles. The summed E-state index contributed by atoms with van der Waals surface area (Å²) in [6.07, 6.45) is 2.44. The molecule has 1 saturated heterocycles. The Morgan fingerprint density at radius 1 is 1.32 bits per heavy atom. The number of anilines is 1. The molecule has 2 atom stereocenters. The lowest BCUT2D eigenvalue weighted by molar-refractivity contribution is 0.0393. The zero-order valence-corrected chi connectivity index (χ0v) is 12.4. The maximum atomic E-state index is 5.64. The Bertz CT molecular complexity index is 369. The molecule has 19 heavy (non-hydrogen) atoms. The standard InChI is InChI=1S/C16H26N2O/c1-4-17-16(14-6-5-11-19-12-14)13-7-9-15(10-8-13)18(2)3/h7-10,14,16-17H,4-6,11-12H2,1-3H3. The van der Waals surface area contributed by atoms with Crippen molar-refractivity contribution in [1.29, 1.82) is 0 Å². The van der Waals surface area contributed by atoms with Crippen LogP contribution in [0.4, 0.5) is 5.69 Å².